The van der Waals surface area contributed by atoms with E-state index < -0.39 is 0 Å². The predicted octanol–water partition coefficient (Wildman–Crippen LogP) is 3.77. The first-order valence-electron chi connectivity index (χ1n) is 8.05. The van der Waals surface area contributed by atoms with Gasteiger partial charge in [-0.05, 0) is 32.1 Å². The summed E-state index contributed by atoms with van der Waals surface area (Å²) in [5.41, 5.74) is 2.29. The maximum atomic E-state index is 11.0. The lowest BCUT2D eigenvalue weighted by Gasteiger charge is -2.15. The van der Waals surface area contributed by atoms with Crippen LogP contribution in [-0.2, 0) is 6.54 Å². The summed E-state index contributed by atoms with van der Waals surface area (Å²) in [6.45, 7) is 1.20. The minimum atomic E-state index is -0.358. The average molecular weight is 444 g/mol. The number of rotatable bonds is 6. The van der Waals surface area contributed by atoms with Crippen LogP contribution in [0.25, 0.3) is 0 Å². The van der Waals surface area contributed by atoms with Crippen molar-refractivity contribution in [2.75, 3.05) is 13.6 Å². The van der Waals surface area contributed by atoms with Gasteiger partial charge in [0.25, 0.3) is 5.69 Å². The second-order valence-electron chi connectivity index (χ2n) is 5.60. The van der Waals surface area contributed by atoms with Gasteiger partial charge in [-0.3, -0.25) is 15.1 Å². The first-order valence-corrected chi connectivity index (χ1v) is 8.05. The van der Waals surface area contributed by atoms with Crippen molar-refractivity contribution in [2.24, 2.45) is 4.99 Å². The van der Waals surface area contributed by atoms with Crippen LogP contribution in [0.15, 0.2) is 40.9 Å². The number of hydrogen-bond acceptors (Lipinski definition) is 3. The standard InChI is InChI=1S/C17H24N4O2.HI/c1-18-17(19-12-11-14-7-3-2-4-8-14)20-13-15-9-5-6-10-16(15)21(22)23;/h5-7,9-10H,2-4,8,11-13H2,1H3,(H2,18,19,20);1H. The number of benzene rings is 1. The van der Waals surface area contributed by atoms with Crippen molar-refractivity contribution in [1.29, 1.82) is 0 Å². The number of nitrogens with one attached hydrogen (secondary N) is 2. The van der Waals surface area contributed by atoms with E-state index in [1.165, 1.54) is 37.3 Å². The monoisotopic (exact) mass is 444 g/mol. The summed E-state index contributed by atoms with van der Waals surface area (Å²) in [7, 11) is 1.70. The van der Waals surface area contributed by atoms with Crippen molar-refractivity contribution in [2.45, 2.75) is 38.6 Å². The molecule has 0 bridgehead atoms. The predicted molar refractivity (Wildman–Crippen MR) is 108 cm³/mol. The zero-order valence-corrected chi connectivity index (χ0v) is 16.3. The summed E-state index contributed by atoms with van der Waals surface area (Å²) in [5.74, 6) is 0.666. The zero-order chi connectivity index (χ0) is 16.5. The number of aliphatic imine (C=N–C) groups is 1. The highest BCUT2D eigenvalue weighted by Crippen LogP contribution is 2.19. The molecular formula is C17H25IN4O2. The van der Waals surface area contributed by atoms with E-state index in [9.17, 15) is 10.1 Å². The number of halogens is 1. The van der Waals surface area contributed by atoms with Gasteiger partial charge >= 0.3 is 0 Å². The fraction of sp³-hybridized carbons (Fsp3) is 0.471. The Labute approximate surface area is 160 Å². The molecule has 0 heterocycles. The van der Waals surface area contributed by atoms with E-state index in [1.807, 2.05) is 0 Å². The molecule has 0 aliphatic heterocycles. The Balaban J connectivity index is 0.00000288. The summed E-state index contributed by atoms with van der Waals surface area (Å²) in [6.07, 6.45) is 8.34. The molecule has 0 saturated heterocycles. The first-order chi connectivity index (χ1) is 11.2. The van der Waals surface area contributed by atoms with Crippen LogP contribution in [0.2, 0.25) is 0 Å². The summed E-state index contributed by atoms with van der Waals surface area (Å²) in [6, 6.07) is 6.75. The summed E-state index contributed by atoms with van der Waals surface area (Å²) in [5, 5.41) is 17.4. The number of guanidine groups is 1. The second-order valence-corrected chi connectivity index (χ2v) is 5.60. The topological polar surface area (TPSA) is 79.6 Å². The second kappa shape index (κ2) is 11.0. The fourth-order valence-electron chi connectivity index (χ4n) is 2.71. The Hall–Kier alpha value is -1.64. The maximum absolute atomic E-state index is 11.0. The Morgan fingerprint density at radius 2 is 2.08 bits per heavy atom. The van der Waals surface area contributed by atoms with Gasteiger partial charge in [-0.15, -0.1) is 24.0 Å². The molecule has 24 heavy (non-hydrogen) atoms. The van der Waals surface area contributed by atoms with Crippen LogP contribution in [0.5, 0.6) is 0 Å². The van der Waals surface area contributed by atoms with Gasteiger partial charge < -0.3 is 10.6 Å². The molecule has 0 atom stereocenters. The van der Waals surface area contributed by atoms with Crippen molar-refractivity contribution in [1.82, 2.24) is 10.6 Å². The van der Waals surface area contributed by atoms with E-state index in [4.69, 9.17) is 0 Å². The molecule has 0 spiro atoms. The van der Waals surface area contributed by atoms with E-state index in [0.29, 0.717) is 18.1 Å². The third kappa shape index (κ3) is 6.46. The quantitative estimate of drug-likeness (QED) is 0.175. The molecule has 0 unspecified atom stereocenters. The SMILES string of the molecule is CN=C(NCCC1=CCCCC1)NCc1ccccc1[N+](=O)[O-].I. The Morgan fingerprint density at radius 3 is 2.75 bits per heavy atom. The fourth-order valence-corrected chi connectivity index (χ4v) is 2.71. The largest absolute Gasteiger partial charge is 0.356 e. The third-order valence-corrected chi connectivity index (χ3v) is 3.98. The molecule has 0 aromatic heterocycles. The van der Waals surface area contributed by atoms with Crippen molar-refractivity contribution < 1.29 is 4.92 Å². The third-order valence-electron chi connectivity index (χ3n) is 3.98. The van der Waals surface area contributed by atoms with Gasteiger partial charge in [0.2, 0.25) is 0 Å². The van der Waals surface area contributed by atoms with Crippen LogP contribution in [-0.4, -0.2) is 24.5 Å². The highest BCUT2D eigenvalue weighted by molar-refractivity contribution is 14.0. The number of hydrogen-bond donors (Lipinski definition) is 2. The molecule has 2 rings (SSSR count). The van der Waals surface area contributed by atoms with Crippen molar-refractivity contribution in [3.63, 3.8) is 0 Å². The molecule has 132 valence electrons. The number of para-hydroxylation sites is 1. The number of nitro benzene ring substituents is 1. The molecule has 6 nitrogen and oxygen atoms in total. The van der Waals surface area contributed by atoms with E-state index in [2.05, 4.69) is 21.7 Å². The maximum Gasteiger partial charge on any atom is 0.274 e. The minimum Gasteiger partial charge on any atom is -0.356 e. The summed E-state index contributed by atoms with van der Waals surface area (Å²) >= 11 is 0. The van der Waals surface area contributed by atoms with Crippen molar-refractivity contribution in [3.05, 3.63) is 51.6 Å². The highest BCUT2D eigenvalue weighted by atomic mass is 127. The molecule has 0 fully saturated rings. The lowest BCUT2D eigenvalue weighted by Crippen LogP contribution is -2.37. The molecule has 1 aromatic carbocycles. The average Bonchev–Trinajstić information content (AvgIpc) is 2.59. The molecule has 1 aliphatic rings. The molecule has 0 saturated carbocycles. The van der Waals surface area contributed by atoms with Gasteiger partial charge in [0, 0.05) is 31.8 Å². The molecule has 0 radical (unpaired) electrons. The van der Waals surface area contributed by atoms with Crippen LogP contribution < -0.4 is 10.6 Å². The lowest BCUT2D eigenvalue weighted by atomic mass is 9.97. The summed E-state index contributed by atoms with van der Waals surface area (Å²) in [4.78, 5) is 14.8. The van der Waals surface area contributed by atoms with Crippen molar-refractivity contribution in [3.8, 4) is 0 Å². The minimum absolute atomic E-state index is 0. The van der Waals surface area contributed by atoms with Crippen LogP contribution in [0.4, 0.5) is 5.69 Å². The van der Waals surface area contributed by atoms with Gasteiger partial charge in [0.1, 0.15) is 0 Å². The van der Waals surface area contributed by atoms with Gasteiger partial charge in [-0.2, -0.15) is 0 Å². The zero-order valence-electron chi connectivity index (χ0n) is 14.0. The molecule has 1 aliphatic carbocycles. The Bertz CT molecular complexity index is 602. The molecule has 7 heteroatoms. The van der Waals surface area contributed by atoms with E-state index in [0.717, 1.165) is 13.0 Å². The highest BCUT2D eigenvalue weighted by Gasteiger charge is 2.12. The van der Waals surface area contributed by atoms with E-state index in [1.54, 1.807) is 25.2 Å². The Kier molecular flexibility index (Phi) is 9.36. The molecule has 1 aromatic rings. The van der Waals surface area contributed by atoms with Crippen molar-refractivity contribution >= 4 is 35.6 Å². The summed E-state index contributed by atoms with van der Waals surface area (Å²) < 4.78 is 0. The van der Waals surface area contributed by atoms with Gasteiger partial charge in [-0.25, -0.2) is 0 Å². The van der Waals surface area contributed by atoms with Gasteiger partial charge in [0.15, 0.2) is 5.96 Å². The molecular weight excluding hydrogens is 419 g/mol. The van der Waals surface area contributed by atoms with E-state index in [-0.39, 0.29) is 34.6 Å². The molecule has 0 amide bonds. The van der Waals surface area contributed by atoms with Gasteiger partial charge in [0.05, 0.1) is 4.92 Å². The van der Waals surface area contributed by atoms with Crippen LogP contribution in [0.3, 0.4) is 0 Å². The van der Waals surface area contributed by atoms with Gasteiger partial charge in [-0.1, -0.05) is 29.8 Å². The molecule has 2 N–H and O–H groups in total. The number of nitrogens with zero attached hydrogens (tertiary/aromatic N) is 2. The first kappa shape index (κ1) is 20.4. The smallest absolute Gasteiger partial charge is 0.274 e. The lowest BCUT2D eigenvalue weighted by molar-refractivity contribution is -0.385. The van der Waals surface area contributed by atoms with Crippen LogP contribution in [0.1, 0.15) is 37.7 Å². The van der Waals surface area contributed by atoms with Crippen LogP contribution in [0, 0.1) is 10.1 Å². The van der Waals surface area contributed by atoms with Crippen LogP contribution >= 0.6 is 24.0 Å². The number of nitro groups is 1. The Morgan fingerprint density at radius 1 is 1.29 bits per heavy atom. The number of allylic oxidation sites excluding steroid dienone is 1. The normalized spacial score (nSPS) is 14.4. The van der Waals surface area contributed by atoms with E-state index >= 15 is 0 Å².